The Hall–Kier alpha value is -3.22. The zero-order chi connectivity index (χ0) is 18.5. The molecule has 7 heteroatoms. The Morgan fingerprint density at radius 2 is 1.89 bits per heavy atom. The number of guanidine groups is 1. The van der Waals surface area contributed by atoms with E-state index in [1.54, 1.807) is 0 Å². The molecule has 7 nitrogen and oxygen atoms in total. The third-order valence-electron chi connectivity index (χ3n) is 5.01. The van der Waals surface area contributed by atoms with Gasteiger partial charge in [-0.05, 0) is 25.0 Å². The van der Waals surface area contributed by atoms with Crippen molar-refractivity contribution in [2.45, 2.75) is 26.4 Å². The van der Waals surface area contributed by atoms with Gasteiger partial charge >= 0.3 is 0 Å². The van der Waals surface area contributed by atoms with Crippen LogP contribution < -0.4 is 20.5 Å². The van der Waals surface area contributed by atoms with Crippen molar-refractivity contribution in [3.05, 3.63) is 47.0 Å². The minimum atomic E-state index is -0.281. The van der Waals surface area contributed by atoms with Gasteiger partial charge in [0.05, 0.1) is 24.2 Å². The van der Waals surface area contributed by atoms with Crippen LogP contribution in [0.3, 0.4) is 0 Å². The molecule has 1 aromatic heterocycles. The van der Waals surface area contributed by atoms with Gasteiger partial charge in [0.15, 0.2) is 23.6 Å². The number of aliphatic imine (C=N–C) groups is 1. The van der Waals surface area contributed by atoms with Crippen molar-refractivity contribution in [2.24, 2.45) is 10.7 Å². The summed E-state index contributed by atoms with van der Waals surface area (Å²) in [4.78, 5) is 9.39. The maximum atomic E-state index is 6.06. The third kappa shape index (κ3) is 2.58. The third-order valence-corrected chi connectivity index (χ3v) is 5.01. The Morgan fingerprint density at radius 3 is 2.67 bits per heavy atom. The van der Waals surface area contributed by atoms with Gasteiger partial charge in [0.25, 0.3) is 0 Å². The van der Waals surface area contributed by atoms with Crippen LogP contribution >= 0.6 is 0 Å². The van der Waals surface area contributed by atoms with Crippen LogP contribution in [0.25, 0.3) is 11.0 Å². The van der Waals surface area contributed by atoms with Crippen molar-refractivity contribution in [3.63, 3.8) is 0 Å². The fraction of sp³-hybridized carbons (Fsp3) is 0.300. The Balaban J connectivity index is 1.72. The lowest BCUT2D eigenvalue weighted by molar-refractivity contribution is 0.297. The van der Waals surface area contributed by atoms with Crippen molar-refractivity contribution in [1.82, 2.24) is 9.55 Å². The molecule has 2 aliphatic rings. The largest absolute Gasteiger partial charge is 0.489 e. The minimum Gasteiger partial charge on any atom is -0.489 e. The zero-order valence-electron chi connectivity index (χ0n) is 15.3. The summed E-state index contributed by atoms with van der Waals surface area (Å²) in [7, 11) is 0. The van der Waals surface area contributed by atoms with Crippen LogP contribution in [0.15, 0.2) is 35.3 Å². The molecule has 27 heavy (non-hydrogen) atoms. The molecular weight excluding hydrogens is 342 g/mol. The van der Waals surface area contributed by atoms with E-state index in [1.165, 1.54) is 11.1 Å². The second-order valence-corrected chi connectivity index (χ2v) is 7.02. The van der Waals surface area contributed by atoms with Crippen LogP contribution in [0.5, 0.6) is 11.5 Å². The van der Waals surface area contributed by atoms with Crippen LogP contribution in [0.1, 0.15) is 29.3 Å². The topological polar surface area (TPSA) is 86.7 Å². The predicted molar refractivity (Wildman–Crippen MR) is 105 cm³/mol. The maximum absolute atomic E-state index is 6.06. The molecule has 0 saturated carbocycles. The van der Waals surface area contributed by atoms with Gasteiger partial charge in [0, 0.05) is 18.6 Å². The smallest absolute Gasteiger partial charge is 0.212 e. The zero-order valence-corrected chi connectivity index (χ0v) is 15.3. The number of imidazole rings is 1. The van der Waals surface area contributed by atoms with Gasteiger partial charge in [-0.3, -0.25) is 9.88 Å². The highest BCUT2D eigenvalue weighted by atomic mass is 16.5. The quantitative estimate of drug-likeness (QED) is 0.694. The normalized spacial score (nSPS) is 18.4. The number of rotatable bonds is 1. The number of nitrogens with two attached hydrogens (primary N) is 1. The van der Waals surface area contributed by atoms with E-state index in [0.29, 0.717) is 25.1 Å². The van der Waals surface area contributed by atoms with Crippen molar-refractivity contribution < 1.29 is 9.47 Å². The SMILES string of the molecule is Cc1ccc(C2N=C(N)Nc3nc4cc5c(cc4n32)OCCCO5)c(C)c1. The Kier molecular flexibility index (Phi) is 3.50. The summed E-state index contributed by atoms with van der Waals surface area (Å²) in [6.07, 6.45) is 0.585. The van der Waals surface area contributed by atoms with E-state index < -0.39 is 0 Å². The number of anilines is 1. The van der Waals surface area contributed by atoms with E-state index in [2.05, 4.69) is 46.9 Å². The van der Waals surface area contributed by atoms with Gasteiger partial charge in [-0.2, -0.15) is 0 Å². The molecule has 0 radical (unpaired) electrons. The summed E-state index contributed by atoms with van der Waals surface area (Å²) in [5.41, 5.74) is 11.3. The number of aromatic nitrogens is 2. The van der Waals surface area contributed by atoms with Crippen LogP contribution in [-0.2, 0) is 0 Å². The van der Waals surface area contributed by atoms with Gasteiger partial charge in [-0.15, -0.1) is 0 Å². The molecule has 138 valence electrons. The summed E-state index contributed by atoms with van der Waals surface area (Å²) in [6, 6.07) is 10.3. The minimum absolute atomic E-state index is 0.281. The number of aryl methyl sites for hydroxylation is 2. The standard InChI is InChI=1S/C20H21N5O2/c1-11-4-5-13(12(2)8-11)18-23-19(21)24-20-22-14-9-16-17(10-15(14)25(18)20)27-7-3-6-26-16/h4-5,8-10,18H,3,6-7H2,1-2H3,(H3,21,22,23,24). The Bertz CT molecular complexity index is 1090. The van der Waals surface area contributed by atoms with E-state index in [0.717, 1.165) is 34.5 Å². The Labute approximate surface area is 156 Å². The molecule has 0 bridgehead atoms. The average Bonchev–Trinajstić information content (AvgIpc) is 2.81. The van der Waals surface area contributed by atoms with E-state index in [9.17, 15) is 0 Å². The fourth-order valence-electron chi connectivity index (χ4n) is 3.75. The average molecular weight is 363 g/mol. The molecule has 0 saturated heterocycles. The summed E-state index contributed by atoms with van der Waals surface area (Å²) in [6.45, 7) is 5.47. The lowest BCUT2D eigenvalue weighted by Crippen LogP contribution is -2.31. The maximum Gasteiger partial charge on any atom is 0.212 e. The highest BCUT2D eigenvalue weighted by Gasteiger charge is 2.27. The number of nitrogens with zero attached hydrogens (tertiary/aromatic N) is 3. The van der Waals surface area contributed by atoms with Gasteiger partial charge in [-0.1, -0.05) is 23.8 Å². The molecule has 3 N–H and O–H groups in total. The molecule has 0 spiro atoms. The molecule has 1 unspecified atom stereocenters. The summed E-state index contributed by atoms with van der Waals surface area (Å²) in [5.74, 6) is 2.50. The van der Waals surface area contributed by atoms with Crippen molar-refractivity contribution >= 4 is 22.9 Å². The molecule has 0 amide bonds. The van der Waals surface area contributed by atoms with Gasteiger partial charge < -0.3 is 15.2 Å². The van der Waals surface area contributed by atoms with Crippen LogP contribution in [0.2, 0.25) is 0 Å². The van der Waals surface area contributed by atoms with Crippen LogP contribution in [0, 0.1) is 13.8 Å². The number of ether oxygens (including phenoxy) is 2. The number of hydrogen-bond acceptors (Lipinski definition) is 6. The number of nitrogens with one attached hydrogen (secondary N) is 1. The number of hydrogen-bond donors (Lipinski definition) is 2. The summed E-state index contributed by atoms with van der Waals surface area (Å²) >= 11 is 0. The van der Waals surface area contributed by atoms with E-state index >= 15 is 0 Å². The molecule has 2 aliphatic heterocycles. The van der Waals surface area contributed by atoms with Gasteiger partial charge in [0.2, 0.25) is 5.95 Å². The number of benzene rings is 2. The van der Waals surface area contributed by atoms with E-state index in [4.69, 9.17) is 20.2 Å². The lowest BCUT2D eigenvalue weighted by Gasteiger charge is -2.25. The Morgan fingerprint density at radius 1 is 1.11 bits per heavy atom. The first kappa shape index (κ1) is 16.0. The monoisotopic (exact) mass is 363 g/mol. The van der Waals surface area contributed by atoms with Gasteiger partial charge in [-0.25, -0.2) is 9.98 Å². The van der Waals surface area contributed by atoms with Crippen molar-refractivity contribution in [1.29, 1.82) is 0 Å². The highest BCUT2D eigenvalue weighted by molar-refractivity contribution is 5.95. The highest BCUT2D eigenvalue weighted by Crippen LogP contribution is 2.39. The van der Waals surface area contributed by atoms with Gasteiger partial charge in [0.1, 0.15) is 0 Å². The van der Waals surface area contributed by atoms with E-state index in [1.807, 2.05) is 12.1 Å². The first-order valence-corrected chi connectivity index (χ1v) is 9.09. The molecule has 3 heterocycles. The molecule has 0 fully saturated rings. The molecular formula is C20H21N5O2. The van der Waals surface area contributed by atoms with Crippen molar-refractivity contribution in [3.8, 4) is 11.5 Å². The van der Waals surface area contributed by atoms with E-state index in [-0.39, 0.29) is 6.17 Å². The summed E-state index contributed by atoms with van der Waals surface area (Å²) in [5, 5.41) is 3.08. The van der Waals surface area contributed by atoms with Crippen molar-refractivity contribution in [2.75, 3.05) is 18.5 Å². The lowest BCUT2D eigenvalue weighted by atomic mass is 10.0. The molecule has 1 atom stereocenters. The second kappa shape index (κ2) is 5.90. The molecule has 3 aromatic rings. The summed E-state index contributed by atoms with van der Waals surface area (Å²) < 4.78 is 13.7. The number of fused-ring (bicyclic) bond motifs is 4. The van der Waals surface area contributed by atoms with Crippen LogP contribution in [-0.4, -0.2) is 28.7 Å². The molecule has 0 aliphatic carbocycles. The molecule has 5 rings (SSSR count). The predicted octanol–water partition coefficient (Wildman–Crippen LogP) is 3.10. The molecule has 2 aromatic carbocycles. The first-order valence-electron chi connectivity index (χ1n) is 9.09. The first-order chi connectivity index (χ1) is 13.1. The fourth-order valence-corrected chi connectivity index (χ4v) is 3.75. The van der Waals surface area contributed by atoms with Crippen LogP contribution in [0.4, 0.5) is 5.95 Å². The second-order valence-electron chi connectivity index (χ2n) is 7.02.